The van der Waals surface area contributed by atoms with Crippen LogP contribution in [0, 0.1) is 0 Å². The van der Waals surface area contributed by atoms with Gasteiger partial charge in [-0.15, -0.1) is 0 Å². The van der Waals surface area contributed by atoms with Crippen molar-refractivity contribution in [2.45, 2.75) is 13.0 Å². The minimum absolute atomic E-state index is 0.167. The summed E-state index contributed by atoms with van der Waals surface area (Å²) < 4.78 is 0. The molecule has 0 fully saturated rings. The number of hydrogen-bond acceptors (Lipinski definition) is 3. The minimum atomic E-state index is -0.388. The van der Waals surface area contributed by atoms with Crippen LogP contribution in [0.25, 0.3) is 0 Å². The summed E-state index contributed by atoms with van der Waals surface area (Å²) in [7, 11) is 0. The molecule has 2 amide bonds. The molecule has 5 nitrogen and oxygen atoms in total. The van der Waals surface area contributed by atoms with Gasteiger partial charge in [-0.2, -0.15) is 0 Å². The topological polar surface area (TPSA) is 71.1 Å². The van der Waals surface area contributed by atoms with Crippen molar-refractivity contribution in [3.8, 4) is 0 Å². The molecule has 1 heterocycles. The highest BCUT2D eigenvalue weighted by atomic mass is 35.5. The van der Waals surface area contributed by atoms with Gasteiger partial charge >= 0.3 is 0 Å². The summed E-state index contributed by atoms with van der Waals surface area (Å²) in [5.74, 6) is -0.687. The summed E-state index contributed by atoms with van der Waals surface area (Å²) in [6.45, 7) is 1.90. The highest BCUT2D eigenvalue weighted by molar-refractivity contribution is 6.33. The molecule has 0 aliphatic heterocycles. The van der Waals surface area contributed by atoms with Crippen LogP contribution in [0.4, 0.5) is 5.69 Å². The Balaban J connectivity index is 1.72. The molecule has 0 aliphatic rings. The number of pyridine rings is 1. The number of aromatic nitrogens is 1. The van der Waals surface area contributed by atoms with E-state index in [1.165, 1.54) is 18.5 Å². The van der Waals surface area contributed by atoms with Gasteiger partial charge < -0.3 is 10.6 Å². The van der Waals surface area contributed by atoms with Crippen molar-refractivity contribution in [3.63, 3.8) is 0 Å². The van der Waals surface area contributed by atoms with Crippen LogP contribution in [0.15, 0.2) is 73.1 Å². The fraction of sp³-hybridized carbons (Fsp3) is 0.0952. The van der Waals surface area contributed by atoms with Gasteiger partial charge in [0.05, 0.1) is 27.9 Å². The molecule has 0 bridgehead atoms. The molecule has 27 heavy (non-hydrogen) atoms. The lowest BCUT2D eigenvalue weighted by atomic mass is 10.1. The quantitative estimate of drug-likeness (QED) is 0.686. The second kappa shape index (κ2) is 8.47. The molecule has 0 radical (unpaired) electrons. The molecule has 6 heteroatoms. The second-order valence-electron chi connectivity index (χ2n) is 6.00. The van der Waals surface area contributed by atoms with Crippen LogP contribution in [0.3, 0.4) is 0 Å². The van der Waals surface area contributed by atoms with Crippen molar-refractivity contribution in [1.82, 2.24) is 10.3 Å². The number of nitrogens with zero attached hydrogens (tertiary/aromatic N) is 1. The van der Waals surface area contributed by atoms with Crippen LogP contribution >= 0.6 is 11.6 Å². The minimum Gasteiger partial charge on any atom is -0.345 e. The van der Waals surface area contributed by atoms with Gasteiger partial charge in [-0.1, -0.05) is 54.1 Å². The van der Waals surface area contributed by atoms with Crippen LogP contribution in [0.2, 0.25) is 5.02 Å². The maximum absolute atomic E-state index is 12.5. The Morgan fingerprint density at radius 2 is 1.56 bits per heavy atom. The lowest BCUT2D eigenvalue weighted by Crippen LogP contribution is -2.27. The fourth-order valence-corrected chi connectivity index (χ4v) is 2.73. The van der Waals surface area contributed by atoms with E-state index in [1.807, 2.05) is 37.3 Å². The molecule has 0 aliphatic carbocycles. The number of nitrogens with one attached hydrogen (secondary N) is 2. The average molecular weight is 380 g/mol. The van der Waals surface area contributed by atoms with Gasteiger partial charge in [0.15, 0.2) is 0 Å². The molecule has 1 aromatic heterocycles. The largest absolute Gasteiger partial charge is 0.345 e. The highest BCUT2D eigenvalue weighted by Crippen LogP contribution is 2.21. The normalized spacial score (nSPS) is 11.5. The maximum atomic E-state index is 12.5. The van der Waals surface area contributed by atoms with Crippen molar-refractivity contribution in [2.75, 3.05) is 5.32 Å². The molecule has 0 saturated carbocycles. The third-order valence-electron chi connectivity index (χ3n) is 4.03. The van der Waals surface area contributed by atoms with E-state index in [0.717, 1.165) is 5.56 Å². The summed E-state index contributed by atoms with van der Waals surface area (Å²) in [6, 6.07) is 17.9. The van der Waals surface area contributed by atoms with E-state index in [-0.39, 0.29) is 23.4 Å². The second-order valence-corrected chi connectivity index (χ2v) is 6.41. The Bertz CT molecular complexity index is 960. The smallest absolute Gasteiger partial charge is 0.257 e. The van der Waals surface area contributed by atoms with Crippen LogP contribution < -0.4 is 10.6 Å². The maximum Gasteiger partial charge on any atom is 0.257 e. The number of carbonyl (C=O) groups is 2. The Kier molecular flexibility index (Phi) is 5.84. The molecule has 1 unspecified atom stereocenters. The third-order valence-corrected chi connectivity index (χ3v) is 4.36. The van der Waals surface area contributed by atoms with Gasteiger partial charge in [-0.3, -0.25) is 14.6 Å². The predicted octanol–water partition coefficient (Wildman–Crippen LogP) is 4.48. The molecular weight excluding hydrogens is 362 g/mol. The first-order chi connectivity index (χ1) is 13.0. The lowest BCUT2D eigenvalue weighted by Gasteiger charge is -2.14. The van der Waals surface area contributed by atoms with E-state index >= 15 is 0 Å². The van der Waals surface area contributed by atoms with E-state index in [1.54, 1.807) is 24.3 Å². The van der Waals surface area contributed by atoms with Gasteiger partial charge in [0.2, 0.25) is 0 Å². The first-order valence-corrected chi connectivity index (χ1v) is 8.79. The fourth-order valence-electron chi connectivity index (χ4n) is 2.55. The van der Waals surface area contributed by atoms with Crippen LogP contribution in [0.5, 0.6) is 0 Å². The molecule has 0 saturated heterocycles. The number of hydrogen-bond donors (Lipinski definition) is 2. The first-order valence-electron chi connectivity index (χ1n) is 8.41. The molecule has 0 spiro atoms. The molecule has 2 aromatic carbocycles. The number of para-hydroxylation sites is 1. The zero-order valence-electron chi connectivity index (χ0n) is 14.6. The highest BCUT2D eigenvalue weighted by Gasteiger charge is 2.15. The number of benzene rings is 2. The van der Waals surface area contributed by atoms with Crippen molar-refractivity contribution >= 4 is 29.1 Å². The Hall–Kier alpha value is -3.18. The van der Waals surface area contributed by atoms with Gasteiger partial charge in [0.25, 0.3) is 11.8 Å². The van der Waals surface area contributed by atoms with Gasteiger partial charge in [0.1, 0.15) is 0 Å². The van der Waals surface area contributed by atoms with Crippen molar-refractivity contribution in [2.24, 2.45) is 0 Å². The molecule has 136 valence electrons. The Morgan fingerprint density at radius 3 is 2.26 bits per heavy atom. The van der Waals surface area contributed by atoms with Crippen molar-refractivity contribution in [3.05, 3.63) is 94.8 Å². The number of carbonyl (C=O) groups excluding carboxylic acids is 2. The van der Waals surface area contributed by atoms with Crippen molar-refractivity contribution in [1.29, 1.82) is 0 Å². The van der Waals surface area contributed by atoms with E-state index in [4.69, 9.17) is 11.6 Å². The predicted molar refractivity (Wildman–Crippen MR) is 106 cm³/mol. The number of halogens is 1. The first kappa shape index (κ1) is 18.6. The summed E-state index contributed by atoms with van der Waals surface area (Å²) in [5.41, 5.74) is 2.07. The third kappa shape index (κ3) is 4.71. The van der Waals surface area contributed by atoms with Crippen LogP contribution in [-0.4, -0.2) is 16.8 Å². The standard InChI is InChI=1S/C21H18ClN3O2/c1-14(15-7-3-2-4-8-15)24-20(26)16-11-17(13-23-12-16)21(27)25-19-10-6-5-9-18(19)22/h2-14H,1H3,(H,24,26)(H,25,27). The van der Waals surface area contributed by atoms with E-state index in [0.29, 0.717) is 16.3 Å². The van der Waals surface area contributed by atoms with E-state index < -0.39 is 0 Å². The monoisotopic (exact) mass is 379 g/mol. The molecule has 3 aromatic rings. The SMILES string of the molecule is CC(NC(=O)c1cncc(C(=O)Nc2ccccc2Cl)c1)c1ccccc1. The number of rotatable bonds is 5. The Morgan fingerprint density at radius 1 is 0.926 bits per heavy atom. The molecule has 2 N–H and O–H groups in total. The van der Waals surface area contributed by atoms with Gasteiger partial charge in [0, 0.05) is 12.4 Å². The number of anilines is 1. The van der Waals surface area contributed by atoms with Gasteiger partial charge in [-0.05, 0) is 30.7 Å². The molecule has 1 atom stereocenters. The zero-order valence-corrected chi connectivity index (χ0v) is 15.4. The van der Waals surface area contributed by atoms with E-state index in [9.17, 15) is 9.59 Å². The van der Waals surface area contributed by atoms with Crippen LogP contribution in [0.1, 0.15) is 39.2 Å². The van der Waals surface area contributed by atoms with Crippen LogP contribution in [-0.2, 0) is 0 Å². The summed E-state index contributed by atoms with van der Waals surface area (Å²) in [6.07, 6.45) is 2.84. The Labute approximate surface area is 162 Å². The lowest BCUT2D eigenvalue weighted by molar-refractivity contribution is 0.0939. The molecule has 3 rings (SSSR count). The summed E-state index contributed by atoms with van der Waals surface area (Å²) in [4.78, 5) is 29.0. The van der Waals surface area contributed by atoms with Crippen molar-refractivity contribution < 1.29 is 9.59 Å². The molecular formula is C21H18ClN3O2. The summed E-state index contributed by atoms with van der Waals surface area (Å²) in [5, 5.41) is 6.06. The number of amides is 2. The average Bonchev–Trinajstić information content (AvgIpc) is 2.70. The summed E-state index contributed by atoms with van der Waals surface area (Å²) >= 11 is 6.06. The van der Waals surface area contributed by atoms with Gasteiger partial charge in [-0.25, -0.2) is 0 Å². The van der Waals surface area contributed by atoms with E-state index in [2.05, 4.69) is 15.6 Å². The zero-order chi connectivity index (χ0) is 19.2.